The van der Waals surface area contributed by atoms with E-state index in [-0.39, 0.29) is 18.1 Å². The molecule has 3 aliphatic rings. The van der Waals surface area contributed by atoms with Crippen molar-refractivity contribution >= 4 is 12.0 Å². The molecule has 2 amide bonds. The lowest BCUT2D eigenvalue weighted by molar-refractivity contribution is -0.0584. The topological polar surface area (TPSA) is 85.9 Å². The molecule has 1 N–H and O–H groups in total. The highest BCUT2D eigenvalue weighted by Gasteiger charge is 2.46. The van der Waals surface area contributed by atoms with Gasteiger partial charge in [0, 0.05) is 19.6 Å². The fourth-order valence-electron chi connectivity index (χ4n) is 3.60. The van der Waals surface area contributed by atoms with Crippen LogP contribution in [0.4, 0.5) is 10.8 Å². The largest absolute Gasteiger partial charge is 0.406 e. The van der Waals surface area contributed by atoms with E-state index in [4.69, 9.17) is 4.42 Å². The van der Waals surface area contributed by atoms with Crippen LogP contribution < -0.4 is 4.90 Å². The number of fused-ring (bicyclic) bond motifs is 2. The van der Waals surface area contributed by atoms with Crippen molar-refractivity contribution in [3.8, 4) is 0 Å². The quantitative estimate of drug-likeness (QED) is 0.836. The smallest absolute Gasteiger partial charge is 0.344 e. The summed E-state index contributed by atoms with van der Waals surface area (Å²) in [6.07, 6.45) is 3.76. The number of hydrogen-bond donors (Lipinski definition) is 1. The molecule has 4 rings (SSSR count). The van der Waals surface area contributed by atoms with E-state index in [1.165, 1.54) is 0 Å². The van der Waals surface area contributed by atoms with Gasteiger partial charge in [-0.2, -0.15) is 0 Å². The molecule has 8 nitrogen and oxygen atoms in total. The maximum Gasteiger partial charge on any atom is 0.344 e. The lowest BCUT2D eigenvalue weighted by Crippen LogP contribution is -2.34. The van der Waals surface area contributed by atoms with Crippen LogP contribution in [0.2, 0.25) is 0 Å². The average molecular weight is 307 g/mol. The van der Waals surface area contributed by atoms with Gasteiger partial charge < -0.3 is 14.2 Å². The van der Waals surface area contributed by atoms with Gasteiger partial charge in [0.25, 0.3) is 0 Å². The number of hydrogen-bond acceptors (Lipinski definition) is 6. The number of anilines is 1. The zero-order valence-corrected chi connectivity index (χ0v) is 12.7. The Morgan fingerprint density at radius 2 is 1.95 bits per heavy atom. The molecular formula is C14H21N5O3. The monoisotopic (exact) mass is 307 g/mol. The molecule has 8 heteroatoms. The Balaban J connectivity index is 1.51. The lowest BCUT2D eigenvalue weighted by Gasteiger charge is -2.29. The SMILES string of the molecule is CC1CCN(c2nnc([C@@H]3CC[C@@H]4CN3C(=O)N4O)o2)CC1. The number of rotatable bonds is 2. The summed E-state index contributed by atoms with van der Waals surface area (Å²) in [4.78, 5) is 15.8. The fraction of sp³-hybridized carbons (Fsp3) is 0.786. The molecule has 0 spiro atoms. The van der Waals surface area contributed by atoms with Crippen LogP contribution in [0.15, 0.2) is 4.42 Å². The van der Waals surface area contributed by atoms with Gasteiger partial charge in [0.15, 0.2) is 0 Å². The molecule has 2 bridgehead atoms. The van der Waals surface area contributed by atoms with Crippen LogP contribution in [-0.2, 0) is 0 Å². The Hall–Kier alpha value is -1.83. The predicted octanol–water partition coefficient (Wildman–Crippen LogP) is 1.64. The molecule has 0 radical (unpaired) electrons. The molecule has 0 aromatic carbocycles. The Labute approximate surface area is 128 Å². The van der Waals surface area contributed by atoms with Gasteiger partial charge in [-0.1, -0.05) is 12.0 Å². The molecule has 4 heterocycles. The molecule has 0 saturated carbocycles. The standard InChI is InChI=1S/C14H21N5O3/c1-9-4-6-17(7-5-9)13-16-15-12(22-13)11-3-2-10-8-18(11)14(20)19(10)21/h9-11,21H,2-8H2,1H3/t10-,11+/m1/s1. The minimum absolute atomic E-state index is 0.102. The van der Waals surface area contributed by atoms with E-state index < -0.39 is 0 Å². The van der Waals surface area contributed by atoms with Crippen molar-refractivity contribution in [3.63, 3.8) is 0 Å². The molecule has 3 aliphatic heterocycles. The van der Waals surface area contributed by atoms with E-state index in [2.05, 4.69) is 22.0 Å². The van der Waals surface area contributed by atoms with Gasteiger partial charge in [-0.3, -0.25) is 5.21 Å². The third-order valence-electron chi connectivity index (χ3n) is 5.11. The van der Waals surface area contributed by atoms with E-state index in [0.717, 1.165) is 49.8 Å². The van der Waals surface area contributed by atoms with Crippen molar-refractivity contribution in [2.45, 2.75) is 44.7 Å². The highest BCUT2D eigenvalue weighted by atomic mass is 16.5. The summed E-state index contributed by atoms with van der Waals surface area (Å²) in [7, 11) is 0. The van der Waals surface area contributed by atoms with Crippen LogP contribution in [0.5, 0.6) is 0 Å². The first kappa shape index (κ1) is 13.8. The van der Waals surface area contributed by atoms with Gasteiger partial charge in [0.2, 0.25) is 5.89 Å². The van der Waals surface area contributed by atoms with Crippen molar-refractivity contribution in [2.75, 3.05) is 24.5 Å². The van der Waals surface area contributed by atoms with E-state index in [9.17, 15) is 10.0 Å². The van der Waals surface area contributed by atoms with E-state index in [1.807, 2.05) is 0 Å². The number of carbonyl (C=O) groups excluding carboxylic acids is 1. The Morgan fingerprint density at radius 3 is 2.73 bits per heavy atom. The predicted molar refractivity (Wildman–Crippen MR) is 76.4 cm³/mol. The summed E-state index contributed by atoms with van der Waals surface area (Å²) in [5.41, 5.74) is 0. The first-order chi connectivity index (χ1) is 10.6. The van der Waals surface area contributed by atoms with Crippen molar-refractivity contribution in [3.05, 3.63) is 5.89 Å². The molecule has 0 aliphatic carbocycles. The van der Waals surface area contributed by atoms with Gasteiger partial charge in [0.05, 0.1) is 6.04 Å². The van der Waals surface area contributed by atoms with Gasteiger partial charge >= 0.3 is 12.0 Å². The van der Waals surface area contributed by atoms with Crippen molar-refractivity contribution in [1.29, 1.82) is 0 Å². The highest BCUT2D eigenvalue weighted by molar-refractivity contribution is 5.76. The van der Waals surface area contributed by atoms with Crippen LogP contribution >= 0.6 is 0 Å². The minimum Gasteiger partial charge on any atom is -0.406 e. The molecule has 22 heavy (non-hydrogen) atoms. The second-order valence-corrected chi connectivity index (χ2v) is 6.62. The number of carbonyl (C=O) groups is 1. The van der Waals surface area contributed by atoms with Crippen molar-refractivity contribution in [1.82, 2.24) is 20.2 Å². The zero-order chi connectivity index (χ0) is 15.3. The number of hydroxylamine groups is 2. The highest BCUT2D eigenvalue weighted by Crippen LogP contribution is 2.37. The van der Waals surface area contributed by atoms with E-state index >= 15 is 0 Å². The molecule has 3 fully saturated rings. The van der Waals surface area contributed by atoms with Crippen LogP contribution in [0.3, 0.4) is 0 Å². The number of piperidine rings is 2. The van der Waals surface area contributed by atoms with Gasteiger partial charge in [0.1, 0.15) is 6.04 Å². The number of amides is 2. The van der Waals surface area contributed by atoms with E-state index in [1.54, 1.807) is 4.90 Å². The number of nitrogens with zero attached hydrogens (tertiary/aromatic N) is 5. The third kappa shape index (κ3) is 2.13. The summed E-state index contributed by atoms with van der Waals surface area (Å²) >= 11 is 0. The maximum absolute atomic E-state index is 12.0. The third-order valence-corrected chi connectivity index (χ3v) is 5.11. The minimum atomic E-state index is -0.362. The van der Waals surface area contributed by atoms with Crippen molar-refractivity contribution in [2.24, 2.45) is 5.92 Å². The molecule has 3 saturated heterocycles. The molecule has 0 unspecified atom stereocenters. The molecule has 2 atom stereocenters. The van der Waals surface area contributed by atoms with Gasteiger partial charge in [-0.15, -0.1) is 5.10 Å². The summed E-state index contributed by atoms with van der Waals surface area (Å²) < 4.78 is 5.84. The first-order valence-electron chi connectivity index (χ1n) is 8.00. The van der Waals surface area contributed by atoms with Crippen LogP contribution in [0.1, 0.15) is 44.5 Å². The summed E-state index contributed by atoms with van der Waals surface area (Å²) in [5.74, 6) is 1.22. The Kier molecular flexibility index (Phi) is 3.21. The molecular weight excluding hydrogens is 286 g/mol. The number of aromatic nitrogens is 2. The second-order valence-electron chi connectivity index (χ2n) is 6.62. The maximum atomic E-state index is 12.0. The zero-order valence-electron chi connectivity index (χ0n) is 12.7. The van der Waals surface area contributed by atoms with Crippen molar-refractivity contribution < 1.29 is 14.4 Å². The fourth-order valence-corrected chi connectivity index (χ4v) is 3.60. The van der Waals surface area contributed by atoms with Crippen LogP contribution in [0.25, 0.3) is 0 Å². The normalized spacial score (nSPS) is 29.5. The summed E-state index contributed by atoms with van der Waals surface area (Å²) in [5, 5.41) is 18.9. The average Bonchev–Trinajstić information content (AvgIpc) is 3.10. The second kappa shape index (κ2) is 5.12. The van der Waals surface area contributed by atoms with Crippen LogP contribution in [-0.4, -0.2) is 57.1 Å². The summed E-state index contributed by atoms with van der Waals surface area (Å²) in [6, 6.07) is -0.129. The van der Waals surface area contributed by atoms with Gasteiger partial charge in [-0.25, -0.2) is 9.86 Å². The number of urea groups is 1. The Bertz CT molecular complexity index is 569. The Morgan fingerprint density at radius 1 is 1.18 bits per heavy atom. The van der Waals surface area contributed by atoms with E-state index in [0.29, 0.717) is 18.5 Å². The molecule has 120 valence electrons. The van der Waals surface area contributed by atoms with Gasteiger partial charge in [-0.05, 0) is 31.6 Å². The van der Waals surface area contributed by atoms with Crippen LogP contribution in [0, 0.1) is 5.92 Å². The lowest BCUT2D eigenvalue weighted by atomic mass is 10.00. The first-order valence-corrected chi connectivity index (χ1v) is 8.00. The molecule has 1 aromatic rings. The summed E-state index contributed by atoms with van der Waals surface area (Å²) in [6.45, 7) is 4.65. The molecule has 1 aromatic heterocycles.